The number of imidazole rings is 1. The maximum absolute atomic E-state index is 10.7. The van der Waals surface area contributed by atoms with Crippen LogP contribution in [-0.2, 0) is 11.2 Å². The van der Waals surface area contributed by atoms with Crippen molar-refractivity contribution in [3.05, 3.63) is 41.3 Å². The number of aromatic amines is 1. The number of hydrogen-bond donors (Lipinski definition) is 2. The summed E-state index contributed by atoms with van der Waals surface area (Å²) in [5, 5.41) is 8.78. The molecular weight excluding hydrogens is 240 g/mol. The van der Waals surface area contributed by atoms with Crippen molar-refractivity contribution in [1.29, 1.82) is 0 Å². The summed E-state index contributed by atoms with van der Waals surface area (Å²) in [7, 11) is 0. The number of aryl methyl sites for hydroxylation is 1. The molecule has 0 amide bonds. The quantitative estimate of drug-likeness (QED) is 0.885. The van der Waals surface area contributed by atoms with Crippen molar-refractivity contribution >= 4 is 5.97 Å². The van der Waals surface area contributed by atoms with Gasteiger partial charge in [0.05, 0.1) is 5.69 Å². The normalized spacial score (nSPS) is 10.9. The molecule has 1 aromatic heterocycles. The zero-order chi connectivity index (χ0) is 14.0. The highest BCUT2D eigenvalue weighted by Crippen LogP contribution is 2.24. The average molecular weight is 258 g/mol. The van der Waals surface area contributed by atoms with Gasteiger partial charge in [-0.1, -0.05) is 38.1 Å². The van der Waals surface area contributed by atoms with Crippen LogP contribution in [0.4, 0.5) is 0 Å². The fourth-order valence-corrected chi connectivity index (χ4v) is 2.06. The molecule has 0 saturated heterocycles. The molecule has 0 atom stereocenters. The summed E-state index contributed by atoms with van der Waals surface area (Å²) in [5.41, 5.74) is 4.01. The van der Waals surface area contributed by atoms with Crippen LogP contribution in [-0.4, -0.2) is 21.0 Å². The van der Waals surface area contributed by atoms with Crippen LogP contribution in [0.2, 0.25) is 0 Å². The molecule has 0 radical (unpaired) electrons. The number of rotatable bonds is 4. The number of carboxylic acids is 1. The van der Waals surface area contributed by atoms with Crippen molar-refractivity contribution in [2.45, 2.75) is 33.1 Å². The van der Waals surface area contributed by atoms with Crippen LogP contribution in [0.15, 0.2) is 24.3 Å². The number of benzene rings is 1. The van der Waals surface area contributed by atoms with E-state index in [1.54, 1.807) is 0 Å². The van der Waals surface area contributed by atoms with Gasteiger partial charge in [-0.3, -0.25) is 4.79 Å². The molecule has 4 nitrogen and oxygen atoms in total. The minimum Gasteiger partial charge on any atom is -0.481 e. The first-order valence-corrected chi connectivity index (χ1v) is 6.35. The fraction of sp³-hybridized carbons (Fsp3) is 0.333. The number of carboxylic acid groups (broad SMARTS) is 1. The summed E-state index contributed by atoms with van der Waals surface area (Å²) >= 11 is 0. The SMILES string of the molecule is Cc1[nH]c(CC(=O)O)nc1-c1ccc(C(C)C)cc1. The van der Waals surface area contributed by atoms with Gasteiger partial charge in [-0.2, -0.15) is 0 Å². The van der Waals surface area contributed by atoms with E-state index < -0.39 is 5.97 Å². The predicted octanol–water partition coefficient (Wildman–Crippen LogP) is 3.14. The smallest absolute Gasteiger partial charge is 0.311 e. The minimum atomic E-state index is -0.879. The number of aliphatic carboxylic acids is 1. The molecule has 0 bridgehead atoms. The van der Waals surface area contributed by atoms with Gasteiger partial charge >= 0.3 is 5.97 Å². The molecule has 2 rings (SSSR count). The minimum absolute atomic E-state index is 0.0785. The maximum Gasteiger partial charge on any atom is 0.311 e. The van der Waals surface area contributed by atoms with Crippen molar-refractivity contribution in [1.82, 2.24) is 9.97 Å². The summed E-state index contributed by atoms with van der Waals surface area (Å²) in [6, 6.07) is 8.24. The number of aromatic nitrogens is 2. The monoisotopic (exact) mass is 258 g/mol. The second kappa shape index (κ2) is 5.26. The Morgan fingerprint density at radius 2 is 1.95 bits per heavy atom. The largest absolute Gasteiger partial charge is 0.481 e. The van der Waals surface area contributed by atoms with E-state index in [-0.39, 0.29) is 6.42 Å². The lowest BCUT2D eigenvalue weighted by Gasteiger charge is -2.06. The Hall–Kier alpha value is -2.10. The summed E-state index contributed by atoms with van der Waals surface area (Å²) in [6.45, 7) is 6.21. The number of hydrogen-bond acceptors (Lipinski definition) is 2. The lowest BCUT2D eigenvalue weighted by molar-refractivity contribution is -0.136. The third kappa shape index (κ3) is 3.02. The molecular formula is C15H18N2O2. The molecule has 19 heavy (non-hydrogen) atoms. The highest BCUT2D eigenvalue weighted by atomic mass is 16.4. The van der Waals surface area contributed by atoms with Crippen LogP contribution in [0.3, 0.4) is 0 Å². The number of H-pyrrole nitrogens is 1. The van der Waals surface area contributed by atoms with E-state index >= 15 is 0 Å². The highest BCUT2D eigenvalue weighted by Gasteiger charge is 2.11. The molecule has 2 N–H and O–H groups in total. The first-order chi connectivity index (χ1) is 8.97. The molecule has 1 aromatic carbocycles. The first-order valence-electron chi connectivity index (χ1n) is 6.35. The molecule has 4 heteroatoms. The van der Waals surface area contributed by atoms with Crippen molar-refractivity contribution in [2.24, 2.45) is 0 Å². The van der Waals surface area contributed by atoms with E-state index in [1.165, 1.54) is 5.56 Å². The molecule has 0 fully saturated rings. The molecule has 0 aliphatic carbocycles. The van der Waals surface area contributed by atoms with Gasteiger partial charge in [0.1, 0.15) is 12.2 Å². The predicted molar refractivity (Wildman–Crippen MR) is 74.2 cm³/mol. The van der Waals surface area contributed by atoms with Gasteiger partial charge < -0.3 is 10.1 Å². The molecule has 0 spiro atoms. The summed E-state index contributed by atoms with van der Waals surface area (Å²) in [5.74, 6) is 0.111. The summed E-state index contributed by atoms with van der Waals surface area (Å²) in [6.07, 6.45) is -0.0785. The van der Waals surface area contributed by atoms with Crippen LogP contribution >= 0.6 is 0 Å². The van der Waals surface area contributed by atoms with E-state index in [2.05, 4.69) is 35.9 Å². The van der Waals surface area contributed by atoms with Gasteiger partial charge in [-0.15, -0.1) is 0 Å². The van der Waals surface area contributed by atoms with E-state index in [0.717, 1.165) is 17.0 Å². The third-order valence-electron chi connectivity index (χ3n) is 3.10. The molecule has 0 aliphatic rings. The maximum atomic E-state index is 10.7. The third-order valence-corrected chi connectivity index (χ3v) is 3.10. The van der Waals surface area contributed by atoms with Crippen molar-refractivity contribution in [2.75, 3.05) is 0 Å². The van der Waals surface area contributed by atoms with Crippen LogP contribution in [0.25, 0.3) is 11.3 Å². The van der Waals surface area contributed by atoms with Gasteiger partial charge in [-0.25, -0.2) is 4.98 Å². The topological polar surface area (TPSA) is 66.0 Å². The Balaban J connectivity index is 2.30. The van der Waals surface area contributed by atoms with E-state index in [1.807, 2.05) is 19.1 Å². The molecule has 2 aromatic rings. The lowest BCUT2D eigenvalue weighted by Crippen LogP contribution is -2.01. The van der Waals surface area contributed by atoms with E-state index in [4.69, 9.17) is 5.11 Å². The molecule has 1 heterocycles. The zero-order valence-electron chi connectivity index (χ0n) is 11.4. The van der Waals surface area contributed by atoms with Gasteiger partial charge in [0.25, 0.3) is 0 Å². The molecule has 0 saturated carbocycles. The second-order valence-corrected chi connectivity index (χ2v) is 5.00. The second-order valence-electron chi connectivity index (χ2n) is 5.00. The van der Waals surface area contributed by atoms with Crippen LogP contribution in [0.5, 0.6) is 0 Å². The highest BCUT2D eigenvalue weighted by molar-refractivity contribution is 5.70. The molecule has 0 unspecified atom stereocenters. The molecule has 0 aliphatic heterocycles. The zero-order valence-corrected chi connectivity index (χ0v) is 11.4. The van der Waals surface area contributed by atoms with Gasteiger partial charge in [0, 0.05) is 11.3 Å². The average Bonchev–Trinajstić information content (AvgIpc) is 2.69. The van der Waals surface area contributed by atoms with Crippen molar-refractivity contribution in [3.63, 3.8) is 0 Å². The molecule has 100 valence electrons. The van der Waals surface area contributed by atoms with Crippen molar-refractivity contribution < 1.29 is 9.90 Å². The van der Waals surface area contributed by atoms with Crippen molar-refractivity contribution in [3.8, 4) is 11.3 Å². The summed E-state index contributed by atoms with van der Waals surface area (Å²) in [4.78, 5) is 18.1. The van der Waals surface area contributed by atoms with Crippen LogP contribution in [0, 0.1) is 6.92 Å². The van der Waals surface area contributed by atoms with Gasteiger partial charge in [0.15, 0.2) is 0 Å². The van der Waals surface area contributed by atoms with E-state index in [9.17, 15) is 4.79 Å². The Labute approximate surface area is 112 Å². The summed E-state index contributed by atoms with van der Waals surface area (Å²) < 4.78 is 0. The van der Waals surface area contributed by atoms with Crippen LogP contribution in [0.1, 0.15) is 36.8 Å². The standard InChI is InChI=1S/C15H18N2O2/c1-9(2)11-4-6-12(7-5-11)15-10(3)16-13(17-15)8-14(18)19/h4-7,9H,8H2,1-3H3,(H,16,17)(H,18,19). The number of nitrogens with one attached hydrogen (secondary N) is 1. The number of nitrogens with zero attached hydrogens (tertiary/aromatic N) is 1. The van der Waals surface area contributed by atoms with Crippen LogP contribution < -0.4 is 0 Å². The Morgan fingerprint density at radius 3 is 2.47 bits per heavy atom. The Morgan fingerprint density at radius 1 is 1.32 bits per heavy atom. The number of carbonyl (C=O) groups is 1. The fourth-order valence-electron chi connectivity index (χ4n) is 2.06. The Bertz CT molecular complexity index is 583. The Kier molecular flexibility index (Phi) is 3.69. The first kappa shape index (κ1) is 13.3. The van der Waals surface area contributed by atoms with Gasteiger partial charge in [0.2, 0.25) is 0 Å². The van der Waals surface area contributed by atoms with Gasteiger partial charge in [-0.05, 0) is 18.4 Å². The lowest BCUT2D eigenvalue weighted by atomic mass is 10.0. The van der Waals surface area contributed by atoms with E-state index in [0.29, 0.717) is 11.7 Å².